The molecule has 43 heavy (non-hydrogen) atoms. The average Bonchev–Trinajstić information content (AvgIpc) is 2.92. The molecule has 0 saturated carbocycles. The first-order valence-corrected chi connectivity index (χ1v) is 14.7. The van der Waals surface area contributed by atoms with Gasteiger partial charge in [0.1, 0.15) is 12.2 Å². The van der Waals surface area contributed by atoms with E-state index < -0.39 is 39.3 Å². The Bertz CT molecular complexity index is 1500. The molecule has 2 amide bonds. The van der Waals surface area contributed by atoms with E-state index in [1.807, 2.05) is 6.07 Å². The number of carboxylic acids is 1. The summed E-state index contributed by atoms with van der Waals surface area (Å²) in [5, 5.41) is 12.6. The number of pyridine rings is 1. The van der Waals surface area contributed by atoms with Gasteiger partial charge in [-0.25, -0.2) is 14.4 Å². The second-order valence-corrected chi connectivity index (χ2v) is 13.4. The van der Waals surface area contributed by atoms with Gasteiger partial charge in [0.05, 0.1) is 11.6 Å². The van der Waals surface area contributed by atoms with Gasteiger partial charge in [-0.1, -0.05) is 48.0 Å². The largest absolute Gasteiger partial charge is 0.479 e. The van der Waals surface area contributed by atoms with Crippen LogP contribution in [0.5, 0.6) is 0 Å². The van der Waals surface area contributed by atoms with Crippen molar-refractivity contribution in [1.29, 1.82) is 0 Å². The normalized spacial score (nSPS) is 19.1. The summed E-state index contributed by atoms with van der Waals surface area (Å²) in [5.74, 6) is -1.33. The highest BCUT2D eigenvalue weighted by atomic mass is 35.6. The van der Waals surface area contributed by atoms with Crippen LogP contribution < -0.4 is 0 Å². The molecule has 2 aromatic carbocycles. The summed E-state index contributed by atoms with van der Waals surface area (Å²) in [6.07, 6.45) is -0.714. The Kier molecular flexibility index (Phi) is 9.88. The van der Waals surface area contributed by atoms with Crippen molar-refractivity contribution in [2.24, 2.45) is 0 Å². The number of ether oxygens (including phenoxy) is 2. The molecule has 1 aliphatic rings. The van der Waals surface area contributed by atoms with E-state index in [2.05, 4.69) is 4.98 Å². The molecule has 1 N–H and O–H groups in total. The van der Waals surface area contributed by atoms with Crippen LogP contribution in [0.2, 0.25) is 5.02 Å². The summed E-state index contributed by atoms with van der Waals surface area (Å²) in [6, 6.07) is 14.5. The summed E-state index contributed by atoms with van der Waals surface area (Å²) in [7, 11) is 0. The van der Waals surface area contributed by atoms with Gasteiger partial charge in [0.2, 0.25) is 0 Å². The van der Waals surface area contributed by atoms with E-state index in [1.165, 1.54) is 12.3 Å². The van der Waals surface area contributed by atoms with Crippen LogP contribution in [0.15, 0.2) is 60.8 Å². The van der Waals surface area contributed by atoms with Crippen molar-refractivity contribution in [2.45, 2.75) is 61.4 Å². The summed E-state index contributed by atoms with van der Waals surface area (Å²) in [5.41, 5.74) is -1.69. The zero-order valence-corrected chi connectivity index (χ0v) is 26.5. The minimum Gasteiger partial charge on any atom is -0.479 e. The van der Waals surface area contributed by atoms with Gasteiger partial charge in [0.25, 0.3) is 0 Å². The summed E-state index contributed by atoms with van der Waals surface area (Å²) >= 11 is 23.6. The number of likely N-dealkylation sites (tertiary alicyclic amines) is 1. The highest BCUT2D eigenvalue weighted by molar-refractivity contribution is 6.66. The molecule has 10 nitrogen and oxygen atoms in total. The van der Waals surface area contributed by atoms with Crippen molar-refractivity contribution >= 4 is 75.5 Å². The molecular weight excluding hydrogens is 644 g/mol. The van der Waals surface area contributed by atoms with Gasteiger partial charge >= 0.3 is 22.1 Å². The fourth-order valence-corrected chi connectivity index (χ4v) is 5.38. The minimum absolute atomic E-state index is 0.0340. The van der Waals surface area contributed by atoms with Crippen LogP contribution in [0.3, 0.4) is 0 Å². The first kappa shape index (κ1) is 32.9. The Morgan fingerprint density at radius 1 is 1.05 bits per heavy atom. The number of halogens is 4. The second kappa shape index (κ2) is 12.9. The molecule has 0 bridgehead atoms. The lowest BCUT2D eigenvalue weighted by Crippen LogP contribution is -2.63. The Morgan fingerprint density at radius 3 is 2.37 bits per heavy atom. The number of carbonyl (C=O) groups is 3. The van der Waals surface area contributed by atoms with E-state index in [4.69, 9.17) is 60.7 Å². The van der Waals surface area contributed by atoms with Gasteiger partial charge in [-0.2, -0.15) is 5.06 Å². The molecule has 14 heteroatoms. The van der Waals surface area contributed by atoms with Crippen LogP contribution >= 0.6 is 46.4 Å². The number of hydrogen-bond donors (Lipinski definition) is 1. The van der Waals surface area contributed by atoms with Gasteiger partial charge in [0.15, 0.2) is 5.54 Å². The van der Waals surface area contributed by atoms with Crippen LogP contribution in [0.25, 0.3) is 10.9 Å². The van der Waals surface area contributed by atoms with Gasteiger partial charge < -0.3 is 14.6 Å². The monoisotopic (exact) mass is 671 g/mol. The molecule has 0 radical (unpaired) electrons. The van der Waals surface area contributed by atoms with Crippen LogP contribution in [-0.4, -0.2) is 60.4 Å². The molecule has 1 fully saturated rings. The topological polar surface area (TPSA) is 118 Å². The van der Waals surface area contributed by atoms with E-state index in [1.54, 1.807) is 63.2 Å². The Hall–Kier alpha value is -3.02. The third kappa shape index (κ3) is 7.56. The maximum atomic E-state index is 13.8. The first-order valence-electron chi connectivity index (χ1n) is 13.2. The van der Waals surface area contributed by atoms with Crippen molar-refractivity contribution in [2.75, 3.05) is 6.54 Å². The number of hydrogen-bond acceptors (Lipinski definition) is 7. The van der Waals surface area contributed by atoms with Crippen molar-refractivity contribution < 1.29 is 33.8 Å². The zero-order chi connectivity index (χ0) is 31.6. The number of aromatic nitrogens is 1. The molecule has 0 unspecified atom stereocenters. The van der Waals surface area contributed by atoms with Gasteiger partial charge in [-0.05, 0) is 92.2 Å². The number of carboxylic acid groups (broad SMARTS) is 1. The fourth-order valence-electron chi connectivity index (χ4n) is 4.97. The third-order valence-corrected chi connectivity index (χ3v) is 7.31. The van der Waals surface area contributed by atoms with E-state index in [9.17, 15) is 19.5 Å². The predicted molar refractivity (Wildman–Crippen MR) is 162 cm³/mol. The number of benzene rings is 2. The molecule has 1 aromatic heterocycles. The number of piperidine rings is 1. The number of rotatable bonds is 6. The molecule has 1 saturated heterocycles. The molecule has 3 aromatic rings. The highest BCUT2D eigenvalue weighted by Crippen LogP contribution is 2.44. The Balaban J connectivity index is 1.80. The maximum Gasteiger partial charge on any atom is 0.437 e. The molecule has 0 aliphatic carbocycles. The molecule has 4 rings (SSSR count). The molecule has 0 spiro atoms. The van der Waals surface area contributed by atoms with Crippen molar-refractivity contribution in [3.63, 3.8) is 0 Å². The van der Waals surface area contributed by atoms with E-state index in [-0.39, 0.29) is 31.6 Å². The zero-order valence-electron chi connectivity index (χ0n) is 23.4. The molecule has 1 aliphatic heterocycles. The number of nitrogens with zero attached hydrogens (tertiary/aromatic N) is 3. The Morgan fingerprint density at radius 2 is 1.74 bits per heavy atom. The summed E-state index contributed by atoms with van der Waals surface area (Å²) in [6.45, 7) is 4.54. The minimum atomic E-state index is -2.41. The smallest absolute Gasteiger partial charge is 0.437 e. The number of alkyl halides is 3. The maximum absolute atomic E-state index is 13.8. The average molecular weight is 673 g/mol. The summed E-state index contributed by atoms with van der Waals surface area (Å²) < 4.78 is 8.22. The molecule has 230 valence electrons. The SMILES string of the molecule is CC(C)(C)OC(=O)N1C[C@H](N(OCc2ccccc2)C(=O)OC(Cl)(Cl)Cl)CC[C@@]1(C(=O)O)c1ccc(Cl)c2cccnc12. The first-order chi connectivity index (χ1) is 20.1. The molecule has 2 atom stereocenters. The van der Waals surface area contributed by atoms with Gasteiger partial charge in [0, 0.05) is 28.7 Å². The van der Waals surface area contributed by atoms with E-state index in [0.29, 0.717) is 21.5 Å². The number of hydroxylamine groups is 2. The number of amides is 2. The highest BCUT2D eigenvalue weighted by Gasteiger charge is 2.55. The van der Waals surface area contributed by atoms with Crippen LogP contribution in [0, 0.1) is 0 Å². The number of fused-ring (bicyclic) bond motifs is 1. The van der Waals surface area contributed by atoms with Crippen LogP contribution in [0.4, 0.5) is 9.59 Å². The quantitative estimate of drug-likeness (QED) is 0.212. The van der Waals surface area contributed by atoms with Crippen molar-refractivity contribution in [1.82, 2.24) is 14.9 Å². The lowest BCUT2D eigenvalue weighted by atomic mass is 9.78. The van der Waals surface area contributed by atoms with Crippen molar-refractivity contribution in [3.8, 4) is 0 Å². The molecular formula is C29H29Cl4N3O7. The standard InChI is InChI=1S/C29H29Cl4N3O7/c1-27(2,3)42-25(39)35-16-19(36(26(40)43-29(31,32)33)41-17-18-8-5-4-6-9-18)13-14-28(35,24(37)38)21-11-12-22(30)20-10-7-15-34-23(20)21/h4-12,15,19H,13-14,16-17H2,1-3H3,(H,37,38)/t19-,28+/m1/s1. The lowest BCUT2D eigenvalue weighted by Gasteiger charge is -2.48. The van der Waals surface area contributed by atoms with Crippen LogP contribution in [-0.2, 0) is 31.3 Å². The van der Waals surface area contributed by atoms with Gasteiger partial charge in [-0.3, -0.25) is 14.7 Å². The Labute approximate surface area is 268 Å². The lowest BCUT2D eigenvalue weighted by molar-refractivity contribution is -0.191. The van der Waals surface area contributed by atoms with Crippen molar-refractivity contribution in [3.05, 3.63) is 76.9 Å². The molecule has 2 heterocycles. The van der Waals surface area contributed by atoms with E-state index >= 15 is 0 Å². The predicted octanol–water partition coefficient (Wildman–Crippen LogP) is 7.47. The van der Waals surface area contributed by atoms with Gasteiger partial charge in [-0.15, -0.1) is 0 Å². The summed E-state index contributed by atoms with van der Waals surface area (Å²) in [4.78, 5) is 51.7. The number of aliphatic carboxylic acids is 1. The fraction of sp³-hybridized carbons (Fsp3) is 0.379. The van der Waals surface area contributed by atoms with E-state index in [0.717, 1.165) is 9.96 Å². The second-order valence-electron chi connectivity index (χ2n) is 10.8. The van der Waals surface area contributed by atoms with Crippen LogP contribution in [0.1, 0.15) is 44.7 Å². The number of carbonyl (C=O) groups excluding carboxylic acids is 2. The third-order valence-electron chi connectivity index (χ3n) is 6.75.